The lowest BCUT2D eigenvalue weighted by molar-refractivity contribution is 0.782. The van der Waals surface area contributed by atoms with Crippen molar-refractivity contribution in [3.63, 3.8) is 0 Å². The summed E-state index contributed by atoms with van der Waals surface area (Å²) in [6, 6.07) is 0. The summed E-state index contributed by atoms with van der Waals surface area (Å²) in [6.07, 6.45) is 3.72. The highest BCUT2D eigenvalue weighted by atomic mass is 15.0. The van der Waals surface area contributed by atoms with E-state index in [1.807, 2.05) is 0 Å². The van der Waals surface area contributed by atoms with Gasteiger partial charge in [-0.15, -0.1) is 0 Å². The van der Waals surface area contributed by atoms with E-state index in [1.54, 1.807) is 0 Å². The first-order valence-corrected chi connectivity index (χ1v) is 5.55. The topological polar surface area (TPSA) is 63.8 Å². The maximum absolute atomic E-state index is 5.79. The summed E-state index contributed by atoms with van der Waals surface area (Å²) in [4.78, 5) is 8.23. The van der Waals surface area contributed by atoms with Gasteiger partial charge in [-0.05, 0) is 24.7 Å². The third-order valence-corrected chi connectivity index (χ3v) is 3.14. The molecule has 2 atom stereocenters. The number of aromatic nitrogens is 2. The molecule has 4 heteroatoms. The highest BCUT2D eigenvalue weighted by molar-refractivity contribution is 5.54. The number of rotatable bonds is 4. The second kappa shape index (κ2) is 4.04. The summed E-state index contributed by atoms with van der Waals surface area (Å²) in [5, 5.41) is 3.37. The molecule has 0 saturated heterocycles. The molecule has 82 valence electrons. The van der Waals surface area contributed by atoms with Gasteiger partial charge in [0.15, 0.2) is 0 Å². The highest BCUT2D eigenvalue weighted by Crippen LogP contribution is 2.37. The van der Waals surface area contributed by atoms with E-state index in [2.05, 4.69) is 29.1 Å². The maximum Gasteiger partial charge on any atom is 0.134 e. The van der Waals surface area contributed by atoms with Gasteiger partial charge in [0.05, 0.1) is 0 Å². The van der Waals surface area contributed by atoms with E-state index in [-0.39, 0.29) is 0 Å². The SMILES string of the molecule is CCc1c(N)ncnc1NCC1CC1C. The predicted octanol–water partition coefficient (Wildman–Crippen LogP) is 1.69. The van der Waals surface area contributed by atoms with Crippen LogP contribution >= 0.6 is 0 Å². The Morgan fingerprint density at radius 2 is 2.27 bits per heavy atom. The molecule has 0 aliphatic heterocycles. The molecule has 4 nitrogen and oxygen atoms in total. The first kappa shape index (κ1) is 10.2. The van der Waals surface area contributed by atoms with Crippen molar-refractivity contribution >= 4 is 11.6 Å². The molecule has 0 spiro atoms. The van der Waals surface area contributed by atoms with Crippen LogP contribution < -0.4 is 11.1 Å². The maximum atomic E-state index is 5.79. The van der Waals surface area contributed by atoms with E-state index in [1.165, 1.54) is 12.7 Å². The van der Waals surface area contributed by atoms with Crippen LogP contribution in [0.3, 0.4) is 0 Å². The Morgan fingerprint density at radius 3 is 2.87 bits per heavy atom. The van der Waals surface area contributed by atoms with E-state index in [0.717, 1.165) is 36.2 Å². The number of nitrogens with one attached hydrogen (secondary N) is 1. The lowest BCUT2D eigenvalue weighted by Crippen LogP contribution is -2.10. The van der Waals surface area contributed by atoms with Crippen LogP contribution in [0.25, 0.3) is 0 Å². The summed E-state index contributed by atoms with van der Waals surface area (Å²) in [5.41, 5.74) is 6.82. The lowest BCUT2D eigenvalue weighted by atomic mass is 10.2. The summed E-state index contributed by atoms with van der Waals surface area (Å²) >= 11 is 0. The van der Waals surface area contributed by atoms with Gasteiger partial charge in [0.25, 0.3) is 0 Å². The minimum absolute atomic E-state index is 0.596. The molecule has 3 N–H and O–H groups in total. The van der Waals surface area contributed by atoms with Crippen molar-refractivity contribution in [1.82, 2.24) is 9.97 Å². The van der Waals surface area contributed by atoms with E-state index in [0.29, 0.717) is 5.82 Å². The molecule has 1 fully saturated rings. The average Bonchev–Trinajstić information content (AvgIpc) is 2.92. The number of nitrogen functional groups attached to an aromatic ring is 1. The fourth-order valence-electron chi connectivity index (χ4n) is 1.84. The van der Waals surface area contributed by atoms with Gasteiger partial charge in [-0.25, -0.2) is 9.97 Å². The van der Waals surface area contributed by atoms with Gasteiger partial charge in [-0.1, -0.05) is 13.8 Å². The van der Waals surface area contributed by atoms with Gasteiger partial charge in [0, 0.05) is 12.1 Å². The molecule has 1 aliphatic rings. The Labute approximate surface area is 90.3 Å². The molecular formula is C11H18N4. The average molecular weight is 206 g/mol. The zero-order valence-electron chi connectivity index (χ0n) is 9.33. The Balaban J connectivity index is 2.03. The minimum atomic E-state index is 0.596. The van der Waals surface area contributed by atoms with Gasteiger partial charge in [0.1, 0.15) is 18.0 Å². The van der Waals surface area contributed by atoms with E-state index in [4.69, 9.17) is 5.73 Å². The molecule has 0 amide bonds. The molecule has 0 bridgehead atoms. The Kier molecular flexibility index (Phi) is 2.75. The van der Waals surface area contributed by atoms with Crippen molar-refractivity contribution in [3.05, 3.63) is 11.9 Å². The third-order valence-electron chi connectivity index (χ3n) is 3.14. The molecule has 1 aliphatic carbocycles. The van der Waals surface area contributed by atoms with Crippen molar-refractivity contribution < 1.29 is 0 Å². The quantitative estimate of drug-likeness (QED) is 0.787. The monoisotopic (exact) mass is 206 g/mol. The normalized spacial score (nSPS) is 23.9. The highest BCUT2D eigenvalue weighted by Gasteiger charge is 2.32. The molecule has 0 aromatic carbocycles. The molecular weight excluding hydrogens is 188 g/mol. The number of nitrogens with two attached hydrogens (primary N) is 1. The molecule has 15 heavy (non-hydrogen) atoms. The molecule has 1 aromatic rings. The minimum Gasteiger partial charge on any atom is -0.383 e. The van der Waals surface area contributed by atoms with Crippen LogP contribution in [0.5, 0.6) is 0 Å². The zero-order valence-corrected chi connectivity index (χ0v) is 9.33. The standard InChI is InChI=1S/C11H18N4/c1-3-9-10(12)14-6-15-11(9)13-5-8-4-7(8)2/h6-8H,3-5H2,1-2H3,(H3,12,13,14,15). The Hall–Kier alpha value is -1.32. The van der Waals surface area contributed by atoms with Crippen molar-refractivity contribution in [3.8, 4) is 0 Å². The van der Waals surface area contributed by atoms with E-state index in [9.17, 15) is 0 Å². The molecule has 1 aromatic heterocycles. The van der Waals surface area contributed by atoms with Crippen LogP contribution in [0.2, 0.25) is 0 Å². The molecule has 2 rings (SSSR count). The second-order valence-corrected chi connectivity index (χ2v) is 4.29. The van der Waals surface area contributed by atoms with Gasteiger partial charge in [0.2, 0.25) is 0 Å². The third kappa shape index (κ3) is 2.19. The number of anilines is 2. The second-order valence-electron chi connectivity index (χ2n) is 4.29. The number of nitrogens with zero attached hydrogens (tertiary/aromatic N) is 2. The van der Waals surface area contributed by atoms with Crippen molar-refractivity contribution in [2.24, 2.45) is 11.8 Å². The molecule has 1 heterocycles. The van der Waals surface area contributed by atoms with Gasteiger partial charge >= 0.3 is 0 Å². The first-order chi connectivity index (χ1) is 7.22. The summed E-state index contributed by atoms with van der Waals surface area (Å²) < 4.78 is 0. The largest absolute Gasteiger partial charge is 0.383 e. The van der Waals surface area contributed by atoms with Gasteiger partial charge in [-0.2, -0.15) is 0 Å². The van der Waals surface area contributed by atoms with Crippen molar-refractivity contribution in [2.45, 2.75) is 26.7 Å². The Bertz CT molecular complexity index is 350. The van der Waals surface area contributed by atoms with E-state index >= 15 is 0 Å². The summed E-state index contributed by atoms with van der Waals surface area (Å²) in [6.45, 7) is 5.35. The fourth-order valence-corrected chi connectivity index (χ4v) is 1.84. The number of hydrogen-bond acceptors (Lipinski definition) is 4. The zero-order chi connectivity index (χ0) is 10.8. The van der Waals surface area contributed by atoms with Crippen molar-refractivity contribution in [1.29, 1.82) is 0 Å². The van der Waals surface area contributed by atoms with Crippen LogP contribution in [0.1, 0.15) is 25.8 Å². The summed E-state index contributed by atoms with van der Waals surface area (Å²) in [5.74, 6) is 3.18. The van der Waals surface area contributed by atoms with E-state index < -0.39 is 0 Å². The fraction of sp³-hybridized carbons (Fsp3) is 0.636. The molecule has 0 radical (unpaired) electrons. The van der Waals surface area contributed by atoms with Gasteiger partial charge in [-0.3, -0.25) is 0 Å². The van der Waals surface area contributed by atoms with Crippen LogP contribution in [0, 0.1) is 11.8 Å². The first-order valence-electron chi connectivity index (χ1n) is 5.55. The molecule has 2 unspecified atom stereocenters. The van der Waals surface area contributed by atoms with Crippen LogP contribution in [0.15, 0.2) is 6.33 Å². The van der Waals surface area contributed by atoms with Crippen LogP contribution in [-0.4, -0.2) is 16.5 Å². The predicted molar refractivity (Wildman–Crippen MR) is 61.6 cm³/mol. The van der Waals surface area contributed by atoms with Crippen molar-refractivity contribution in [2.75, 3.05) is 17.6 Å². The smallest absolute Gasteiger partial charge is 0.134 e. The molecule has 1 saturated carbocycles. The van der Waals surface area contributed by atoms with Gasteiger partial charge < -0.3 is 11.1 Å². The summed E-state index contributed by atoms with van der Waals surface area (Å²) in [7, 11) is 0. The van der Waals surface area contributed by atoms with Crippen LogP contribution in [0.4, 0.5) is 11.6 Å². The van der Waals surface area contributed by atoms with Crippen LogP contribution in [-0.2, 0) is 6.42 Å². The lowest BCUT2D eigenvalue weighted by Gasteiger charge is -2.10. The Morgan fingerprint density at radius 1 is 1.53 bits per heavy atom. The number of hydrogen-bond donors (Lipinski definition) is 2.